The number of rotatable bonds is 7. The summed E-state index contributed by atoms with van der Waals surface area (Å²) >= 11 is 0. The minimum absolute atomic E-state index is 0.997. The minimum atomic E-state index is 0.997. The molecule has 0 saturated carbocycles. The average Bonchev–Trinajstić information content (AvgIpc) is 2.28. The Morgan fingerprint density at radius 2 is 2.12 bits per heavy atom. The number of anilines is 1. The van der Waals surface area contributed by atoms with Crippen LogP contribution in [0.25, 0.3) is 0 Å². The van der Waals surface area contributed by atoms with Crippen molar-refractivity contribution in [2.45, 2.75) is 27.2 Å². The highest BCUT2D eigenvalue weighted by atomic mass is 15.1. The Morgan fingerprint density at radius 1 is 1.31 bits per heavy atom. The molecule has 0 fully saturated rings. The van der Waals surface area contributed by atoms with Gasteiger partial charge in [0.15, 0.2) is 0 Å². The van der Waals surface area contributed by atoms with Crippen LogP contribution in [0.1, 0.15) is 26.0 Å². The number of nitrogens with zero attached hydrogens (tertiary/aromatic N) is 2. The van der Waals surface area contributed by atoms with E-state index in [1.165, 1.54) is 18.7 Å². The van der Waals surface area contributed by atoms with Gasteiger partial charge in [-0.1, -0.05) is 13.8 Å². The number of aromatic nitrogens is 1. The number of likely N-dealkylation sites (N-methyl/N-ethyl adjacent to an activating group) is 1. The highest BCUT2D eigenvalue weighted by Crippen LogP contribution is 2.06. The van der Waals surface area contributed by atoms with Gasteiger partial charge in [0.05, 0.1) is 0 Å². The van der Waals surface area contributed by atoms with Gasteiger partial charge in [0.2, 0.25) is 0 Å². The summed E-state index contributed by atoms with van der Waals surface area (Å²) in [6, 6.07) is 4.10. The Hall–Kier alpha value is -1.09. The third-order valence-electron chi connectivity index (χ3n) is 2.64. The fourth-order valence-electron chi connectivity index (χ4n) is 1.76. The molecule has 0 aliphatic rings. The van der Waals surface area contributed by atoms with Crippen LogP contribution in [0.5, 0.6) is 0 Å². The van der Waals surface area contributed by atoms with Gasteiger partial charge in [-0.05, 0) is 38.6 Å². The van der Waals surface area contributed by atoms with Crippen molar-refractivity contribution >= 4 is 5.69 Å². The maximum absolute atomic E-state index is 4.18. The van der Waals surface area contributed by atoms with Gasteiger partial charge in [0, 0.05) is 30.7 Å². The fourth-order valence-corrected chi connectivity index (χ4v) is 1.76. The van der Waals surface area contributed by atoms with Crippen molar-refractivity contribution in [3.8, 4) is 0 Å². The van der Waals surface area contributed by atoms with E-state index in [2.05, 4.69) is 35.1 Å². The van der Waals surface area contributed by atoms with Gasteiger partial charge in [0.25, 0.3) is 0 Å². The molecule has 16 heavy (non-hydrogen) atoms. The quantitative estimate of drug-likeness (QED) is 0.767. The van der Waals surface area contributed by atoms with Crippen molar-refractivity contribution in [2.24, 2.45) is 0 Å². The van der Waals surface area contributed by atoms with E-state index in [0.717, 1.165) is 25.3 Å². The lowest BCUT2D eigenvalue weighted by molar-refractivity contribution is 0.300. The Kier molecular flexibility index (Phi) is 5.86. The molecule has 1 rings (SSSR count). The first-order valence-corrected chi connectivity index (χ1v) is 6.15. The maximum atomic E-state index is 4.18. The van der Waals surface area contributed by atoms with Gasteiger partial charge in [-0.15, -0.1) is 0 Å². The number of hydrogen-bond acceptors (Lipinski definition) is 3. The molecule has 1 heterocycles. The Labute approximate surface area is 98.9 Å². The zero-order chi connectivity index (χ0) is 11.8. The van der Waals surface area contributed by atoms with Gasteiger partial charge >= 0.3 is 0 Å². The molecule has 1 N–H and O–H groups in total. The molecule has 1 aromatic rings. The Balaban J connectivity index is 2.29. The molecule has 0 bridgehead atoms. The van der Waals surface area contributed by atoms with Crippen LogP contribution in [0.2, 0.25) is 0 Å². The molecule has 0 saturated heterocycles. The smallest absolute Gasteiger partial charge is 0.0393 e. The van der Waals surface area contributed by atoms with E-state index in [4.69, 9.17) is 0 Å². The van der Waals surface area contributed by atoms with Crippen LogP contribution in [0.4, 0.5) is 5.69 Å². The molecule has 1 aromatic heterocycles. The van der Waals surface area contributed by atoms with E-state index in [9.17, 15) is 0 Å². The Morgan fingerprint density at radius 3 is 2.75 bits per heavy atom. The molecular formula is C13H23N3. The number of aryl methyl sites for hydroxylation is 1. The first-order valence-electron chi connectivity index (χ1n) is 6.15. The van der Waals surface area contributed by atoms with Crippen molar-refractivity contribution < 1.29 is 0 Å². The molecule has 0 unspecified atom stereocenters. The molecule has 0 amide bonds. The summed E-state index contributed by atoms with van der Waals surface area (Å²) in [6.45, 7) is 10.9. The summed E-state index contributed by atoms with van der Waals surface area (Å²) in [5.74, 6) is 0. The van der Waals surface area contributed by atoms with Gasteiger partial charge in [0.1, 0.15) is 0 Å². The minimum Gasteiger partial charge on any atom is -0.384 e. The predicted octanol–water partition coefficient (Wildman–Crippen LogP) is 2.53. The summed E-state index contributed by atoms with van der Waals surface area (Å²) in [6.07, 6.45) is 3.07. The summed E-state index contributed by atoms with van der Waals surface area (Å²) < 4.78 is 0. The Bertz CT molecular complexity index is 299. The van der Waals surface area contributed by atoms with E-state index in [1.54, 1.807) is 0 Å². The van der Waals surface area contributed by atoms with Crippen molar-refractivity contribution in [1.29, 1.82) is 0 Å². The number of hydrogen-bond donors (Lipinski definition) is 1. The standard InChI is InChI=1S/C13H23N3/c1-4-9-16(5-2)10-8-15-13-6-7-14-12(3)11-13/h6-7,11H,4-5,8-10H2,1-3H3,(H,14,15). The highest BCUT2D eigenvalue weighted by molar-refractivity contribution is 5.42. The van der Waals surface area contributed by atoms with Crippen LogP contribution in [0.3, 0.4) is 0 Å². The summed E-state index contributed by atoms with van der Waals surface area (Å²) in [4.78, 5) is 6.64. The van der Waals surface area contributed by atoms with Crippen molar-refractivity contribution in [1.82, 2.24) is 9.88 Å². The van der Waals surface area contributed by atoms with Crippen LogP contribution < -0.4 is 5.32 Å². The second-order valence-electron chi connectivity index (χ2n) is 4.05. The van der Waals surface area contributed by atoms with Crippen molar-refractivity contribution in [3.63, 3.8) is 0 Å². The topological polar surface area (TPSA) is 28.2 Å². The molecule has 0 spiro atoms. The second kappa shape index (κ2) is 7.23. The zero-order valence-electron chi connectivity index (χ0n) is 10.7. The molecule has 3 nitrogen and oxygen atoms in total. The number of nitrogens with one attached hydrogen (secondary N) is 1. The van der Waals surface area contributed by atoms with Gasteiger partial charge in [-0.2, -0.15) is 0 Å². The van der Waals surface area contributed by atoms with Crippen molar-refractivity contribution in [2.75, 3.05) is 31.5 Å². The van der Waals surface area contributed by atoms with Gasteiger partial charge < -0.3 is 10.2 Å². The van der Waals surface area contributed by atoms with Crippen LogP contribution in [0, 0.1) is 6.92 Å². The molecule has 0 aliphatic heterocycles. The van der Waals surface area contributed by atoms with Crippen LogP contribution in [-0.4, -0.2) is 36.1 Å². The maximum Gasteiger partial charge on any atom is 0.0393 e. The molecule has 0 atom stereocenters. The van der Waals surface area contributed by atoms with E-state index < -0.39 is 0 Å². The first-order chi connectivity index (χ1) is 7.76. The van der Waals surface area contributed by atoms with Crippen LogP contribution >= 0.6 is 0 Å². The van der Waals surface area contributed by atoms with E-state index >= 15 is 0 Å². The first kappa shape index (κ1) is 13.0. The zero-order valence-corrected chi connectivity index (χ0v) is 10.7. The fraction of sp³-hybridized carbons (Fsp3) is 0.615. The summed E-state index contributed by atoms with van der Waals surface area (Å²) in [5, 5.41) is 3.43. The van der Waals surface area contributed by atoms with Gasteiger partial charge in [-0.25, -0.2) is 0 Å². The molecule has 3 heteroatoms. The number of pyridine rings is 1. The van der Waals surface area contributed by atoms with E-state index in [1.807, 2.05) is 19.2 Å². The lowest BCUT2D eigenvalue weighted by Crippen LogP contribution is -2.29. The molecule has 0 aromatic carbocycles. The lowest BCUT2D eigenvalue weighted by Gasteiger charge is -2.19. The van der Waals surface area contributed by atoms with E-state index in [0.29, 0.717) is 0 Å². The largest absolute Gasteiger partial charge is 0.384 e. The lowest BCUT2D eigenvalue weighted by atomic mass is 10.3. The van der Waals surface area contributed by atoms with Crippen LogP contribution in [0.15, 0.2) is 18.3 Å². The average molecular weight is 221 g/mol. The summed E-state index contributed by atoms with van der Waals surface area (Å²) in [7, 11) is 0. The van der Waals surface area contributed by atoms with E-state index in [-0.39, 0.29) is 0 Å². The van der Waals surface area contributed by atoms with Crippen molar-refractivity contribution in [3.05, 3.63) is 24.0 Å². The normalized spacial score (nSPS) is 10.8. The molecule has 0 radical (unpaired) electrons. The molecular weight excluding hydrogens is 198 g/mol. The molecule has 0 aliphatic carbocycles. The third-order valence-corrected chi connectivity index (χ3v) is 2.64. The molecule has 90 valence electrons. The predicted molar refractivity (Wildman–Crippen MR) is 69.9 cm³/mol. The van der Waals surface area contributed by atoms with Crippen LogP contribution in [-0.2, 0) is 0 Å². The third kappa shape index (κ3) is 4.62. The summed E-state index contributed by atoms with van der Waals surface area (Å²) in [5.41, 5.74) is 2.23. The SMILES string of the molecule is CCCN(CC)CCNc1ccnc(C)c1. The second-order valence-corrected chi connectivity index (χ2v) is 4.05. The highest BCUT2D eigenvalue weighted by Gasteiger charge is 1.99. The monoisotopic (exact) mass is 221 g/mol. The van der Waals surface area contributed by atoms with Gasteiger partial charge in [-0.3, -0.25) is 4.98 Å².